The lowest BCUT2D eigenvalue weighted by molar-refractivity contribution is 0.0747. The molecule has 1 aliphatic rings. The smallest absolute Gasteiger partial charge is 0.261 e. The van der Waals surface area contributed by atoms with E-state index in [2.05, 4.69) is 14.9 Å². The van der Waals surface area contributed by atoms with Crippen LogP contribution >= 0.6 is 0 Å². The number of hydrogen-bond acceptors (Lipinski definition) is 5. The lowest BCUT2D eigenvalue weighted by Gasteiger charge is -2.36. The molecular formula is C23H23N5O3. The van der Waals surface area contributed by atoms with Gasteiger partial charge >= 0.3 is 0 Å². The van der Waals surface area contributed by atoms with Crippen molar-refractivity contribution in [3.63, 3.8) is 0 Å². The second-order valence-corrected chi connectivity index (χ2v) is 7.73. The molecule has 158 valence electrons. The molecule has 3 heterocycles. The Morgan fingerprint density at radius 2 is 1.90 bits per heavy atom. The second-order valence-electron chi connectivity index (χ2n) is 7.73. The molecule has 0 bridgehead atoms. The summed E-state index contributed by atoms with van der Waals surface area (Å²) in [6.45, 7) is 2.81. The van der Waals surface area contributed by atoms with Crippen molar-refractivity contribution in [3.05, 3.63) is 70.9 Å². The average Bonchev–Trinajstić information content (AvgIpc) is 3.28. The van der Waals surface area contributed by atoms with Crippen LogP contribution in [0.15, 0.2) is 59.8 Å². The van der Waals surface area contributed by atoms with Gasteiger partial charge in [0.25, 0.3) is 11.5 Å². The van der Waals surface area contributed by atoms with Crippen molar-refractivity contribution in [2.24, 2.45) is 0 Å². The van der Waals surface area contributed by atoms with Gasteiger partial charge in [-0.3, -0.25) is 14.2 Å². The van der Waals surface area contributed by atoms with E-state index >= 15 is 0 Å². The topological polar surface area (TPSA) is 94.5 Å². The maximum atomic E-state index is 12.9. The molecule has 31 heavy (non-hydrogen) atoms. The molecule has 2 aromatic carbocycles. The molecule has 1 amide bonds. The summed E-state index contributed by atoms with van der Waals surface area (Å²) in [5.41, 5.74) is 3.12. The van der Waals surface area contributed by atoms with E-state index in [1.807, 2.05) is 47.5 Å². The number of nitrogens with zero attached hydrogens (tertiary/aromatic N) is 4. The molecule has 0 radical (unpaired) electrons. The van der Waals surface area contributed by atoms with Crippen LogP contribution in [0.25, 0.3) is 21.8 Å². The predicted octanol–water partition coefficient (Wildman–Crippen LogP) is 1.83. The quantitative estimate of drug-likeness (QED) is 0.528. The van der Waals surface area contributed by atoms with Gasteiger partial charge in [0, 0.05) is 49.1 Å². The largest absolute Gasteiger partial charge is 0.395 e. The van der Waals surface area contributed by atoms with Gasteiger partial charge in [-0.15, -0.1) is 0 Å². The van der Waals surface area contributed by atoms with Crippen molar-refractivity contribution in [1.29, 1.82) is 0 Å². The Kier molecular flexibility index (Phi) is 4.91. The van der Waals surface area contributed by atoms with Crippen molar-refractivity contribution in [2.45, 2.75) is 6.54 Å². The van der Waals surface area contributed by atoms with Crippen LogP contribution in [0.2, 0.25) is 0 Å². The molecule has 8 heteroatoms. The van der Waals surface area contributed by atoms with E-state index in [4.69, 9.17) is 5.11 Å². The lowest BCUT2D eigenvalue weighted by Crippen LogP contribution is -2.48. The van der Waals surface area contributed by atoms with Crippen molar-refractivity contribution in [1.82, 2.24) is 19.4 Å². The molecule has 2 N–H and O–H groups in total. The predicted molar refractivity (Wildman–Crippen MR) is 120 cm³/mol. The van der Waals surface area contributed by atoms with E-state index in [9.17, 15) is 9.59 Å². The van der Waals surface area contributed by atoms with E-state index in [-0.39, 0.29) is 24.6 Å². The summed E-state index contributed by atoms with van der Waals surface area (Å²) in [5.74, 6) is 0.0424. The molecule has 0 atom stereocenters. The van der Waals surface area contributed by atoms with Crippen molar-refractivity contribution >= 4 is 33.4 Å². The number of aliphatic hydroxyl groups excluding tert-OH is 1. The standard InChI is InChI=1S/C23H23N5O3/c29-12-11-28-15-25-21-14-18(3-4-19(21)23(28)31)26-7-9-27(10-8-26)22(30)17-2-1-16-5-6-24-20(16)13-17/h1-6,13-15,24,29H,7-12H2. The van der Waals surface area contributed by atoms with Crippen LogP contribution in [-0.4, -0.2) is 63.2 Å². The summed E-state index contributed by atoms with van der Waals surface area (Å²) in [6.07, 6.45) is 3.35. The number of aliphatic hydroxyl groups is 1. The Bertz CT molecular complexity index is 1320. The number of hydrogen-bond donors (Lipinski definition) is 2. The molecule has 1 fully saturated rings. The minimum absolute atomic E-state index is 0.0424. The third-order valence-electron chi connectivity index (χ3n) is 5.88. The summed E-state index contributed by atoms with van der Waals surface area (Å²) in [4.78, 5) is 37.0. The van der Waals surface area contributed by atoms with Gasteiger partial charge in [-0.1, -0.05) is 6.07 Å². The van der Waals surface area contributed by atoms with Crippen molar-refractivity contribution < 1.29 is 9.90 Å². The number of anilines is 1. The minimum Gasteiger partial charge on any atom is -0.395 e. The zero-order valence-corrected chi connectivity index (χ0v) is 17.0. The lowest BCUT2D eigenvalue weighted by atomic mass is 10.1. The van der Waals surface area contributed by atoms with Gasteiger partial charge in [0.2, 0.25) is 0 Å². The van der Waals surface area contributed by atoms with Crippen molar-refractivity contribution in [3.8, 4) is 0 Å². The first kappa shape index (κ1) is 19.3. The Balaban J connectivity index is 1.30. The van der Waals surface area contributed by atoms with Gasteiger partial charge in [-0.2, -0.15) is 0 Å². The highest BCUT2D eigenvalue weighted by atomic mass is 16.3. The number of aromatic nitrogens is 3. The number of carbonyl (C=O) groups excluding carboxylic acids is 1. The number of benzene rings is 2. The number of piperazine rings is 1. The number of fused-ring (bicyclic) bond motifs is 2. The van der Waals surface area contributed by atoms with Crippen molar-refractivity contribution in [2.75, 3.05) is 37.7 Å². The first-order chi connectivity index (χ1) is 15.1. The molecule has 0 saturated carbocycles. The Morgan fingerprint density at radius 1 is 1.06 bits per heavy atom. The van der Waals surface area contributed by atoms with E-state index in [0.717, 1.165) is 16.6 Å². The SMILES string of the molecule is O=C(c1ccc2cc[nH]c2c1)N1CCN(c2ccc3c(=O)n(CCO)cnc3c2)CC1. The Morgan fingerprint density at radius 3 is 2.71 bits per heavy atom. The molecule has 2 aromatic heterocycles. The highest BCUT2D eigenvalue weighted by molar-refractivity contribution is 5.98. The number of H-pyrrole nitrogens is 1. The Labute approximate surface area is 178 Å². The second kappa shape index (κ2) is 7.88. The van der Waals surface area contributed by atoms with Gasteiger partial charge in [0.05, 0.1) is 30.4 Å². The monoisotopic (exact) mass is 417 g/mol. The van der Waals surface area contributed by atoms with Crippen LogP contribution in [-0.2, 0) is 6.54 Å². The molecule has 5 rings (SSSR count). The first-order valence-corrected chi connectivity index (χ1v) is 10.4. The van der Waals surface area contributed by atoms with Crippen LogP contribution in [0.4, 0.5) is 5.69 Å². The van der Waals surface area contributed by atoms with E-state index < -0.39 is 0 Å². The van der Waals surface area contributed by atoms with Gasteiger partial charge in [-0.05, 0) is 41.8 Å². The number of nitrogens with one attached hydrogen (secondary N) is 1. The average molecular weight is 417 g/mol. The first-order valence-electron chi connectivity index (χ1n) is 10.4. The third kappa shape index (κ3) is 3.55. The summed E-state index contributed by atoms with van der Waals surface area (Å²) in [7, 11) is 0. The number of carbonyl (C=O) groups is 1. The summed E-state index contributed by atoms with van der Waals surface area (Å²) < 4.78 is 1.41. The molecular weight excluding hydrogens is 394 g/mol. The zero-order chi connectivity index (χ0) is 21.4. The fourth-order valence-electron chi connectivity index (χ4n) is 4.14. The number of rotatable bonds is 4. The zero-order valence-electron chi connectivity index (χ0n) is 17.0. The molecule has 0 unspecified atom stereocenters. The maximum absolute atomic E-state index is 12.9. The number of amides is 1. The van der Waals surface area contributed by atoms with Crippen LogP contribution in [0.1, 0.15) is 10.4 Å². The molecule has 0 aliphatic carbocycles. The van der Waals surface area contributed by atoms with Gasteiger partial charge in [0.1, 0.15) is 0 Å². The summed E-state index contributed by atoms with van der Waals surface area (Å²) >= 11 is 0. The summed E-state index contributed by atoms with van der Waals surface area (Å²) in [5, 5.41) is 10.7. The number of aromatic amines is 1. The van der Waals surface area contributed by atoms with E-state index in [1.54, 1.807) is 6.07 Å². The molecule has 8 nitrogen and oxygen atoms in total. The highest BCUT2D eigenvalue weighted by Crippen LogP contribution is 2.22. The van der Waals surface area contributed by atoms with Crippen LogP contribution in [0.3, 0.4) is 0 Å². The van der Waals surface area contributed by atoms with Crippen LogP contribution < -0.4 is 10.5 Å². The molecule has 0 spiro atoms. The highest BCUT2D eigenvalue weighted by Gasteiger charge is 2.23. The Hall–Kier alpha value is -3.65. The maximum Gasteiger partial charge on any atom is 0.261 e. The van der Waals surface area contributed by atoms with E-state index in [1.165, 1.54) is 10.9 Å². The van der Waals surface area contributed by atoms with E-state index in [0.29, 0.717) is 42.6 Å². The minimum atomic E-state index is -0.153. The van der Waals surface area contributed by atoms with Gasteiger partial charge in [0.15, 0.2) is 0 Å². The van der Waals surface area contributed by atoms with Gasteiger partial charge in [-0.25, -0.2) is 4.98 Å². The normalized spacial score (nSPS) is 14.5. The van der Waals surface area contributed by atoms with Crippen LogP contribution in [0.5, 0.6) is 0 Å². The van der Waals surface area contributed by atoms with Gasteiger partial charge < -0.3 is 19.9 Å². The molecule has 1 saturated heterocycles. The molecule has 4 aromatic rings. The van der Waals surface area contributed by atoms with Crippen LogP contribution in [0, 0.1) is 0 Å². The third-order valence-corrected chi connectivity index (χ3v) is 5.88. The summed E-state index contributed by atoms with van der Waals surface area (Å²) in [6, 6.07) is 13.4. The fraction of sp³-hybridized carbons (Fsp3) is 0.261. The fourth-order valence-corrected chi connectivity index (χ4v) is 4.14. The molecule has 1 aliphatic heterocycles.